The number of carbonyl (C=O) groups is 2. The van der Waals surface area contributed by atoms with Crippen LogP contribution in [0.3, 0.4) is 0 Å². The Kier molecular flexibility index (Phi) is 4.60. The van der Waals surface area contributed by atoms with Gasteiger partial charge in [-0.1, -0.05) is 29.8 Å². The summed E-state index contributed by atoms with van der Waals surface area (Å²) in [7, 11) is 0. The van der Waals surface area contributed by atoms with E-state index in [9.17, 15) is 9.59 Å². The van der Waals surface area contributed by atoms with Crippen LogP contribution in [0.2, 0.25) is 5.02 Å². The molecule has 6 heteroatoms. The van der Waals surface area contributed by atoms with Crippen molar-refractivity contribution in [1.29, 1.82) is 0 Å². The molecule has 1 aliphatic rings. The Morgan fingerprint density at radius 3 is 2.71 bits per heavy atom. The molecule has 0 aliphatic carbocycles. The number of ketones is 1. The zero-order valence-corrected chi connectivity index (χ0v) is 14.1. The van der Waals surface area contributed by atoms with Crippen molar-refractivity contribution in [2.45, 2.75) is 12.3 Å². The van der Waals surface area contributed by atoms with Crippen LogP contribution in [0.1, 0.15) is 22.8 Å². The molecule has 0 N–H and O–H groups in total. The van der Waals surface area contributed by atoms with E-state index in [4.69, 9.17) is 32.7 Å². The average molecular weight is 363 g/mol. The Morgan fingerprint density at radius 1 is 1.25 bits per heavy atom. The van der Waals surface area contributed by atoms with Crippen molar-refractivity contribution in [3.8, 4) is 11.5 Å². The summed E-state index contributed by atoms with van der Waals surface area (Å²) in [4.78, 5) is 23.9. The summed E-state index contributed by atoms with van der Waals surface area (Å²) < 4.78 is 10.7. The van der Waals surface area contributed by atoms with E-state index in [1.165, 1.54) is 19.1 Å². The number of allylic oxidation sites excluding steroid dienone is 1. The molecule has 0 bridgehead atoms. The van der Waals surface area contributed by atoms with Crippen LogP contribution in [-0.4, -0.2) is 17.1 Å². The normalized spacial score (nSPS) is 15.8. The van der Waals surface area contributed by atoms with E-state index < -0.39 is 11.3 Å². The van der Waals surface area contributed by atoms with Crippen LogP contribution in [0.25, 0.3) is 6.08 Å². The van der Waals surface area contributed by atoms with Gasteiger partial charge in [-0.15, -0.1) is 11.6 Å². The molecule has 122 valence electrons. The summed E-state index contributed by atoms with van der Waals surface area (Å²) in [5.74, 6) is -0.0857. The first-order valence-electron chi connectivity index (χ1n) is 7.14. The van der Waals surface area contributed by atoms with Crippen LogP contribution in [0.5, 0.6) is 11.5 Å². The second-order valence-electron chi connectivity index (χ2n) is 5.16. The number of hydrogen-bond acceptors (Lipinski definition) is 4. The highest BCUT2D eigenvalue weighted by atomic mass is 35.5. The molecule has 4 nitrogen and oxygen atoms in total. The molecule has 24 heavy (non-hydrogen) atoms. The Bertz CT molecular complexity index is 856. The first-order valence-corrected chi connectivity index (χ1v) is 7.96. The van der Waals surface area contributed by atoms with E-state index in [1.807, 2.05) is 6.07 Å². The van der Waals surface area contributed by atoms with E-state index in [0.717, 1.165) is 0 Å². The number of fused-ring (bicyclic) bond motifs is 1. The van der Waals surface area contributed by atoms with E-state index in [2.05, 4.69) is 0 Å². The van der Waals surface area contributed by atoms with Crippen LogP contribution >= 0.6 is 23.2 Å². The van der Waals surface area contributed by atoms with Crippen LogP contribution in [0, 0.1) is 0 Å². The van der Waals surface area contributed by atoms with Crippen LogP contribution in [0.4, 0.5) is 0 Å². The lowest BCUT2D eigenvalue weighted by Gasteiger charge is -2.06. The molecular formula is C18H12Cl2O4. The third-order valence-electron chi connectivity index (χ3n) is 3.38. The van der Waals surface area contributed by atoms with Gasteiger partial charge in [0.15, 0.2) is 5.76 Å². The standard InChI is InChI=1S/C18H12Cl2O4/c1-10(19)18(22)23-12-6-7-13-15(9-12)24-16(17(13)21)8-11-4-2-3-5-14(11)20/h2-10H,1H3/b16-8-. The van der Waals surface area contributed by atoms with Gasteiger partial charge in [0.1, 0.15) is 16.9 Å². The van der Waals surface area contributed by atoms with Gasteiger partial charge in [0.05, 0.1) is 5.56 Å². The molecule has 3 rings (SSSR count). The molecule has 2 aromatic carbocycles. The molecule has 1 heterocycles. The van der Waals surface area contributed by atoms with Gasteiger partial charge < -0.3 is 9.47 Å². The third-order valence-corrected chi connectivity index (χ3v) is 3.90. The number of ether oxygens (including phenoxy) is 2. The fourth-order valence-electron chi connectivity index (χ4n) is 2.16. The molecule has 0 fully saturated rings. The van der Waals surface area contributed by atoms with Crippen molar-refractivity contribution in [2.24, 2.45) is 0 Å². The minimum atomic E-state index is -0.767. The minimum Gasteiger partial charge on any atom is -0.452 e. The predicted octanol–water partition coefficient (Wildman–Crippen LogP) is 4.49. The summed E-state index contributed by atoms with van der Waals surface area (Å²) >= 11 is 11.8. The molecule has 2 aromatic rings. The Morgan fingerprint density at radius 2 is 2.00 bits per heavy atom. The van der Waals surface area contributed by atoms with E-state index in [-0.39, 0.29) is 17.3 Å². The van der Waals surface area contributed by atoms with Crippen molar-refractivity contribution in [1.82, 2.24) is 0 Å². The highest BCUT2D eigenvalue weighted by Crippen LogP contribution is 2.35. The number of hydrogen-bond donors (Lipinski definition) is 0. The molecule has 1 unspecified atom stereocenters. The van der Waals surface area contributed by atoms with E-state index in [0.29, 0.717) is 21.9 Å². The zero-order chi connectivity index (χ0) is 17.3. The highest BCUT2D eigenvalue weighted by molar-refractivity contribution is 6.32. The fourth-order valence-corrected chi connectivity index (χ4v) is 2.40. The van der Waals surface area contributed by atoms with Gasteiger partial charge in [-0.3, -0.25) is 9.59 Å². The molecule has 0 radical (unpaired) electrons. The smallest absolute Gasteiger partial charge is 0.329 e. The third kappa shape index (κ3) is 3.30. The van der Waals surface area contributed by atoms with Gasteiger partial charge in [-0.25, -0.2) is 0 Å². The topological polar surface area (TPSA) is 52.6 Å². The number of esters is 1. The minimum absolute atomic E-state index is 0.160. The lowest BCUT2D eigenvalue weighted by atomic mass is 10.1. The van der Waals surface area contributed by atoms with Gasteiger partial charge in [-0.05, 0) is 36.8 Å². The number of alkyl halides is 1. The van der Waals surface area contributed by atoms with Crippen molar-refractivity contribution in [2.75, 3.05) is 0 Å². The number of halogens is 2. The van der Waals surface area contributed by atoms with E-state index in [1.54, 1.807) is 30.3 Å². The van der Waals surface area contributed by atoms with Gasteiger partial charge in [0.25, 0.3) is 0 Å². The molecule has 0 amide bonds. The predicted molar refractivity (Wildman–Crippen MR) is 91.8 cm³/mol. The number of benzene rings is 2. The number of Topliss-reactive ketones (excluding diaryl/α,β-unsaturated/α-hetero) is 1. The van der Waals surface area contributed by atoms with Gasteiger partial charge >= 0.3 is 5.97 Å². The average Bonchev–Trinajstić information content (AvgIpc) is 2.85. The quantitative estimate of drug-likeness (QED) is 0.349. The summed E-state index contributed by atoms with van der Waals surface area (Å²) in [6.45, 7) is 1.52. The summed E-state index contributed by atoms with van der Waals surface area (Å²) in [5.41, 5.74) is 1.07. The lowest BCUT2D eigenvalue weighted by molar-refractivity contribution is -0.133. The van der Waals surface area contributed by atoms with Crippen LogP contribution < -0.4 is 9.47 Å². The molecule has 0 spiro atoms. The highest BCUT2D eigenvalue weighted by Gasteiger charge is 2.28. The van der Waals surface area contributed by atoms with E-state index >= 15 is 0 Å². The van der Waals surface area contributed by atoms with Crippen LogP contribution in [0.15, 0.2) is 48.2 Å². The molecule has 0 saturated carbocycles. The lowest BCUT2D eigenvalue weighted by Crippen LogP contribution is -2.17. The molecule has 0 saturated heterocycles. The first kappa shape index (κ1) is 16.6. The van der Waals surface area contributed by atoms with Gasteiger partial charge in [0, 0.05) is 11.1 Å². The molecule has 1 atom stereocenters. The number of rotatable bonds is 3. The van der Waals surface area contributed by atoms with Crippen LogP contribution in [-0.2, 0) is 4.79 Å². The maximum atomic E-state index is 12.4. The van der Waals surface area contributed by atoms with Gasteiger partial charge in [-0.2, -0.15) is 0 Å². The maximum absolute atomic E-state index is 12.4. The fraction of sp³-hybridized carbons (Fsp3) is 0.111. The summed E-state index contributed by atoms with van der Waals surface area (Å²) in [6.07, 6.45) is 1.58. The van der Waals surface area contributed by atoms with Crippen molar-refractivity contribution < 1.29 is 19.1 Å². The first-order chi connectivity index (χ1) is 11.5. The Balaban J connectivity index is 1.88. The van der Waals surface area contributed by atoms with Gasteiger partial charge in [0.2, 0.25) is 5.78 Å². The maximum Gasteiger partial charge on any atom is 0.329 e. The molecule has 1 aliphatic heterocycles. The molecular weight excluding hydrogens is 351 g/mol. The SMILES string of the molecule is CC(Cl)C(=O)Oc1ccc2c(c1)O/C(=C\c1ccccc1Cl)C2=O. The second kappa shape index (κ2) is 6.67. The zero-order valence-electron chi connectivity index (χ0n) is 12.6. The van der Waals surface area contributed by atoms with Crippen molar-refractivity contribution >= 4 is 41.0 Å². The second-order valence-corrected chi connectivity index (χ2v) is 6.22. The largest absolute Gasteiger partial charge is 0.452 e. The number of carbonyl (C=O) groups excluding carboxylic acids is 2. The molecule has 0 aromatic heterocycles. The van der Waals surface area contributed by atoms with Crippen molar-refractivity contribution in [3.05, 3.63) is 64.4 Å². The Hall–Kier alpha value is -2.30. The monoisotopic (exact) mass is 362 g/mol. The summed E-state index contributed by atoms with van der Waals surface area (Å²) in [6, 6.07) is 11.7. The summed E-state index contributed by atoms with van der Waals surface area (Å²) in [5, 5.41) is -0.250. The van der Waals surface area contributed by atoms with Crippen molar-refractivity contribution in [3.63, 3.8) is 0 Å². The Labute approximate surface area is 148 Å².